The monoisotopic (exact) mass is 566 g/mol. The van der Waals surface area contributed by atoms with E-state index < -0.39 is 0 Å². The summed E-state index contributed by atoms with van der Waals surface area (Å²) >= 11 is 3.42. The molecule has 7 nitrogen and oxygen atoms in total. The minimum absolute atomic E-state index is 0.0441. The van der Waals surface area contributed by atoms with Crippen LogP contribution < -0.4 is 10.2 Å². The van der Waals surface area contributed by atoms with E-state index in [-0.39, 0.29) is 28.0 Å². The van der Waals surface area contributed by atoms with Crippen LogP contribution >= 0.6 is 15.9 Å². The van der Waals surface area contributed by atoms with Crippen LogP contribution in [0.3, 0.4) is 0 Å². The van der Waals surface area contributed by atoms with Gasteiger partial charge < -0.3 is 15.1 Å². The van der Waals surface area contributed by atoms with Gasteiger partial charge in [0, 0.05) is 54.0 Å². The molecule has 4 aliphatic carbocycles. The molecule has 1 N–H and O–H groups in total. The van der Waals surface area contributed by atoms with Crippen molar-refractivity contribution in [2.75, 3.05) is 36.4 Å². The normalized spacial score (nSPS) is 29.3. The number of nitrogens with one attached hydrogen (secondary N) is 1. The van der Waals surface area contributed by atoms with Crippen molar-refractivity contribution in [2.24, 2.45) is 23.2 Å². The molecular formula is C29H35BrN4O3. The van der Waals surface area contributed by atoms with Gasteiger partial charge in [0.2, 0.25) is 0 Å². The van der Waals surface area contributed by atoms with Crippen LogP contribution in [0.25, 0.3) is 0 Å². The number of nitro benzene ring substituents is 1. The van der Waals surface area contributed by atoms with E-state index in [1.165, 1.54) is 38.5 Å². The molecule has 7 rings (SSSR count). The molecule has 0 spiro atoms. The van der Waals surface area contributed by atoms with E-state index in [2.05, 4.69) is 33.1 Å². The molecule has 1 amide bonds. The number of anilines is 2. The van der Waals surface area contributed by atoms with Crippen LogP contribution in [0.5, 0.6) is 0 Å². The predicted octanol–water partition coefficient (Wildman–Crippen LogP) is 6.34. The number of benzene rings is 2. The zero-order valence-corrected chi connectivity index (χ0v) is 23.0. The summed E-state index contributed by atoms with van der Waals surface area (Å²) in [5.41, 5.74) is 2.69. The van der Waals surface area contributed by atoms with E-state index in [9.17, 15) is 14.9 Å². The molecule has 196 valence electrons. The number of halogens is 1. The SMILES string of the molecule is CC(Nc1cc(N2CCN(C(=O)c3ccc(Br)cc3)CC2)ccc1[N+](=O)[O-])C12CC3CC(CC(C3)C1)C2. The fraction of sp³-hybridized carbons (Fsp3) is 0.552. The van der Waals surface area contributed by atoms with Gasteiger partial charge in [-0.05, 0) is 105 Å². The van der Waals surface area contributed by atoms with Crippen LogP contribution in [0.15, 0.2) is 46.9 Å². The first kappa shape index (κ1) is 24.7. The highest BCUT2D eigenvalue weighted by molar-refractivity contribution is 9.10. The highest BCUT2D eigenvalue weighted by Gasteiger charge is 2.53. The smallest absolute Gasteiger partial charge is 0.292 e. The second-order valence-corrected chi connectivity index (χ2v) is 12.8. The Balaban J connectivity index is 1.16. The zero-order valence-electron chi connectivity index (χ0n) is 21.4. The summed E-state index contributed by atoms with van der Waals surface area (Å²) in [6.45, 7) is 4.89. The third-order valence-electron chi connectivity index (χ3n) is 9.58. The zero-order chi connectivity index (χ0) is 25.7. The first-order valence-corrected chi connectivity index (χ1v) is 14.4. The van der Waals surface area contributed by atoms with Crippen LogP contribution in [-0.2, 0) is 0 Å². The average Bonchev–Trinajstić information content (AvgIpc) is 2.88. The number of hydrogen-bond donors (Lipinski definition) is 1. The lowest BCUT2D eigenvalue weighted by Crippen LogP contribution is -2.53. The fourth-order valence-electron chi connectivity index (χ4n) is 8.03. The Labute approximate surface area is 226 Å². The van der Waals surface area contributed by atoms with Crippen LogP contribution in [-0.4, -0.2) is 48.0 Å². The number of nitro groups is 1. The van der Waals surface area contributed by atoms with E-state index in [4.69, 9.17) is 0 Å². The van der Waals surface area contributed by atoms with Gasteiger partial charge in [0.05, 0.1) is 4.92 Å². The number of hydrogen-bond acceptors (Lipinski definition) is 5. The molecule has 5 fully saturated rings. The second-order valence-electron chi connectivity index (χ2n) is 11.9. The molecule has 1 unspecified atom stereocenters. The molecule has 5 aliphatic rings. The Morgan fingerprint density at radius 2 is 1.59 bits per heavy atom. The third-order valence-corrected chi connectivity index (χ3v) is 10.1. The average molecular weight is 568 g/mol. The summed E-state index contributed by atoms with van der Waals surface area (Å²) < 4.78 is 0.953. The third kappa shape index (κ3) is 4.73. The second kappa shape index (κ2) is 9.61. The molecule has 1 heterocycles. The van der Waals surface area contributed by atoms with E-state index in [1.54, 1.807) is 6.07 Å². The highest BCUT2D eigenvalue weighted by Crippen LogP contribution is 2.61. The van der Waals surface area contributed by atoms with Crippen molar-refractivity contribution in [2.45, 2.75) is 51.5 Å². The minimum atomic E-state index is -0.270. The highest BCUT2D eigenvalue weighted by atomic mass is 79.9. The maximum Gasteiger partial charge on any atom is 0.292 e. The molecule has 2 aromatic carbocycles. The number of carbonyl (C=O) groups is 1. The molecule has 4 bridgehead atoms. The summed E-state index contributed by atoms with van der Waals surface area (Å²) in [4.78, 5) is 28.7. The van der Waals surface area contributed by atoms with Gasteiger partial charge in [0.25, 0.3) is 11.6 Å². The lowest BCUT2D eigenvalue weighted by Gasteiger charge is -2.59. The van der Waals surface area contributed by atoms with Crippen LogP contribution in [0.1, 0.15) is 55.8 Å². The van der Waals surface area contributed by atoms with E-state index in [1.807, 2.05) is 41.3 Å². The summed E-state index contributed by atoms with van der Waals surface area (Å²) in [6, 6.07) is 13.1. The summed E-state index contributed by atoms with van der Waals surface area (Å²) in [5.74, 6) is 2.57. The van der Waals surface area contributed by atoms with E-state index >= 15 is 0 Å². The fourth-order valence-corrected chi connectivity index (χ4v) is 8.30. The first-order valence-electron chi connectivity index (χ1n) is 13.6. The Morgan fingerprint density at radius 1 is 1.00 bits per heavy atom. The number of carbonyl (C=O) groups excluding carboxylic acids is 1. The summed E-state index contributed by atoms with van der Waals surface area (Å²) in [7, 11) is 0. The van der Waals surface area contributed by atoms with Gasteiger partial charge in [-0.15, -0.1) is 0 Å². The molecule has 0 radical (unpaired) electrons. The number of rotatable bonds is 6. The van der Waals surface area contributed by atoms with Gasteiger partial charge in [-0.3, -0.25) is 14.9 Å². The summed E-state index contributed by atoms with van der Waals surface area (Å²) in [6.07, 6.45) is 7.94. The van der Waals surface area contributed by atoms with E-state index in [0.717, 1.165) is 27.9 Å². The molecule has 1 atom stereocenters. The van der Waals surface area contributed by atoms with E-state index in [0.29, 0.717) is 37.4 Å². The van der Waals surface area contributed by atoms with Crippen molar-refractivity contribution in [3.8, 4) is 0 Å². The van der Waals surface area contributed by atoms with Crippen LogP contribution in [0.2, 0.25) is 0 Å². The number of piperazine rings is 1. The van der Waals surface area contributed by atoms with Crippen molar-refractivity contribution in [1.82, 2.24) is 4.90 Å². The maximum atomic E-state index is 12.9. The lowest BCUT2D eigenvalue weighted by atomic mass is 9.48. The molecule has 2 aromatic rings. The molecule has 0 aromatic heterocycles. The molecule has 8 heteroatoms. The molecule has 4 saturated carbocycles. The van der Waals surface area contributed by atoms with Gasteiger partial charge in [0.15, 0.2) is 0 Å². The first-order chi connectivity index (χ1) is 17.8. The number of nitrogens with zero attached hydrogens (tertiary/aromatic N) is 3. The molecular weight excluding hydrogens is 532 g/mol. The quantitative estimate of drug-likeness (QED) is 0.326. The van der Waals surface area contributed by atoms with Gasteiger partial charge >= 0.3 is 0 Å². The van der Waals surface area contributed by atoms with Crippen molar-refractivity contribution in [3.05, 3.63) is 62.6 Å². The predicted molar refractivity (Wildman–Crippen MR) is 149 cm³/mol. The Bertz CT molecular complexity index is 1160. The minimum Gasteiger partial charge on any atom is -0.376 e. The van der Waals surface area contributed by atoms with Crippen molar-refractivity contribution in [3.63, 3.8) is 0 Å². The van der Waals surface area contributed by atoms with Crippen LogP contribution in [0, 0.1) is 33.3 Å². The Morgan fingerprint density at radius 3 is 2.16 bits per heavy atom. The van der Waals surface area contributed by atoms with Gasteiger partial charge in [-0.2, -0.15) is 0 Å². The van der Waals surface area contributed by atoms with Gasteiger partial charge in [0.1, 0.15) is 5.69 Å². The van der Waals surface area contributed by atoms with Gasteiger partial charge in [-0.1, -0.05) is 15.9 Å². The molecule has 1 saturated heterocycles. The summed E-state index contributed by atoms with van der Waals surface area (Å²) in [5, 5.41) is 15.6. The Hall–Kier alpha value is -2.61. The van der Waals surface area contributed by atoms with Crippen molar-refractivity contribution >= 4 is 38.9 Å². The standard InChI is InChI=1S/C29H35BrN4O3/c1-19(29-16-20-12-21(17-29)14-22(13-20)18-29)31-26-15-25(6-7-27(26)34(36)37)32-8-10-33(11-9-32)28(35)23-2-4-24(30)5-3-23/h2-7,15,19-22,31H,8-14,16-18H2,1H3. The molecule has 1 aliphatic heterocycles. The topological polar surface area (TPSA) is 78.7 Å². The number of amides is 1. The molecule has 37 heavy (non-hydrogen) atoms. The van der Waals surface area contributed by atoms with Crippen molar-refractivity contribution < 1.29 is 9.72 Å². The largest absolute Gasteiger partial charge is 0.376 e. The Kier molecular flexibility index (Phi) is 6.42. The lowest BCUT2D eigenvalue weighted by molar-refractivity contribution is -0.384. The van der Waals surface area contributed by atoms with Crippen LogP contribution in [0.4, 0.5) is 17.1 Å². The van der Waals surface area contributed by atoms with Crippen molar-refractivity contribution in [1.29, 1.82) is 0 Å². The van der Waals surface area contributed by atoms with Gasteiger partial charge in [-0.25, -0.2) is 0 Å². The maximum absolute atomic E-state index is 12.9.